The van der Waals surface area contributed by atoms with E-state index in [0.717, 1.165) is 24.7 Å². The molecule has 2 atom stereocenters. The number of H-pyrrole nitrogens is 1. The molecular weight excluding hydrogens is 184 g/mol. The highest BCUT2D eigenvalue weighted by Crippen LogP contribution is 2.28. The first-order valence-corrected chi connectivity index (χ1v) is 6.13. The van der Waals surface area contributed by atoms with Gasteiger partial charge >= 0.3 is 0 Å². The second-order valence-corrected chi connectivity index (χ2v) is 5.57. The Labute approximate surface area is 92.5 Å². The minimum Gasteiger partial charge on any atom is -0.346 e. The van der Waals surface area contributed by atoms with Crippen molar-refractivity contribution in [3.8, 4) is 0 Å². The van der Waals surface area contributed by atoms with Crippen molar-refractivity contribution in [2.45, 2.75) is 47.0 Å². The van der Waals surface area contributed by atoms with Crippen LogP contribution < -0.4 is 0 Å². The minimum atomic E-state index is 0.687. The van der Waals surface area contributed by atoms with Gasteiger partial charge in [-0.2, -0.15) is 0 Å². The fraction of sp³-hybridized carbons (Fsp3) is 0.769. The molecule has 1 heterocycles. The number of aromatic amines is 1. The van der Waals surface area contributed by atoms with E-state index in [0.29, 0.717) is 5.92 Å². The van der Waals surface area contributed by atoms with Crippen molar-refractivity contribution in [3.05, 3.63) is 17.2 Å². The third kappa shape index (κ3) is 2.24. The van der Waals surface area contributed by atoms with Gasteiger partial charge in [-0.05, 0) is 30.6 Å². The zero-order chi connectivity index (χ0) is 11.0. The number of aromatic nitrogens is 2. The molecule has 1 aliphatic rings. The van der Waals surface area contributed by atoms with Gasteiger partial charge in [-0.3, -0.25) is 0 Å². The number of nitrogens with zero attached hydrogens (tertiary/aromatic N) is 1. The van der Waals surface area contributed by atoms with E-state index in [1.54, 1.807) is 0 Å². The molecule has 0 spiro atoms. The monoisotopic (exact) mass is 206 g/mol. The Balaban J connectivity index is 2.18. The number of imidazole rings is 1. The zero-order valence-corrected chi connectivity index (χ0v) is 10.3. The van der Waals surface area contributed by atoms with Crippen molar-refractivity contribution in [1.29, 1.82) is 0 Å². The van der Waals surface area contributed by atoms with Crippen LogP contribution in [0.4, 0.5) is 0 Å². The molecule has 0 amide bonds. The van der Waals surface area contributed by atoms with Gasteiger partial charge in [0.25, 0.3) is 0 Å². The number of fused-ring (bicyclic) bond motifs is 1. The lowest BCUT2D eigenvalue weighted by Gasteiger charge is -2.24. The van der Waals surface area contributed by atoms with Crippen LogP contribution in [0.15, 0.2) is 0 Å². The molecule has 1 aromatic rings. The third-order valence-electron chi connectivity index (χ3n) is 3.53. The summed E-state index contributed by atoms with van der Waals surface area (Å²) >= 11 is 0. The molecule has 0 aliphatic heterocycles. The molecule has 84 valence electrons. The molecule has 1 N–H and O–H groups in total. The van der Waals surface area contributed by atoms with E-state index in [2.05, 4.69) is 32.7 Å². The van der Waals surface area contributed by atoms with E-state index < -0.39 is 0 Å². The van der Waals surface area contributed by atoms with E-state index in [-0.39, 0.29) is 0 Å². The molecule has 2 rings (SSSR count). The van der Waals surface area contributed by atoms with E-state index in [1.807, 2.05) is 0 Å². The summed E-state index contributed by atoms with van der Waals surface area (Å²) in [6.45, 7) is 9.17. The third-order valence-corrected chi connectivity index (χ3v) is 3.53. The second-order valence-electron chi connectivity index (χ2n) is 5.57. The number of nitrogens with one attached hydrogen (secondary N) is 1. The number of rotatable bonds is 2. The van der Waals surface area contributed by atoms with Crippen LogP contribution in [0, 0.1) is 17.8 Å². The highest BCUT2D eigenvalue weighted by Gasteiger charge is 2.24. The molecule has 2 unspecified atom stereocenters. The van der Waals surface area contributed by atoms with Gasteiger partial charge in [0.05, 0.1) is 5.69 Å². The summed E-state index contributed by atoms with van der Waals surface area (Å²) in [5.41, 5.74) is 2.73. The minimum absolute atomic E-state index is 0.687. The van der Waals surface area contributed by atoms with Gasteiger partial charge in [-0.15, -0.1) is 0 Å². The maximum atomic E-state index is 4.72. The lowest BCUT2D eigenvalue weighted by molar-refractivity contribution is 0.355. The summed E-state index contributed by atoms with van der Waals surface area (Å²) in [6, 6.07) is 0. The summed E-state index contributed by atoms with van der Waals surface area (Å²) in [7, 11) is 0. The molecule has 0 aromatic carbocycles. The van der Waals surface area contributed by atoms with Crippen LogP contribution in [0.2, 0.25) is 0 Å². The van der Waals surface area contributed by atoms with Gasteiger partial charge < -0.3 is 4.98 Å². The summed E-state index contributed by atoms with van der Waals surface area (Å²) < 4.78 is 0. The molecule has 0 radical (unpaired) electrons. The standard InChI is InChI=1S/C13H22N2/c1-8(2)5-13-14-11-6-9(3)10(4)7-12(11)15-13/h8-10H,5-7H2,1-4H3,(H,14,15). The maximum Gasteiger partial charge on any atom is 0.106 e. The Bertz CT molecular complexity index is 311. The van der Waals surface area contributed by atoms with Gasteiger partial charge in [0.1, 0.15) is 5.82 Å². The summed E-state index contributed by atoms with van der Waals surface area (Å²) in [5.74, 6) is 3.46. The number of hydrogen-bond donors (Lipinski definition) is 1. The normalized spacial score (nSPS) is 25.7. The van der Waals surface area contributed by atoms with Crippen LogP contribution in [-0.2, 0) is 19.3 Å². The molecule has 0 saturated carbocycles. The smallest absolute Gasteiger partial charge is 0.106 e. The average molecular weight is 206 g/mol. The van der Waals surface area contributed by atoms with E-state index in [4.69, 9.17) is 4.98 Å². The van der Waals surface area contributed by atoms with E-state index in [9.17, 15) is 0 Å². The van der Waals surface area contributed by atoms with Crippen LogP contribution >= 0.6 is 0 Å². The molecule has 2 nitrogen and oxygen atoms in total. The zero-order valence-electron chi connectivity index (χ0n) is 10.3. The quantitative estimate of drug-likeness (QED) is 0.791. The first-order chi connectivity index (χ1) is 7.06. The highest BCUT2D eigenvalue weighted by molar-refractivity contribution is 5.19. The molecular formula is C13H22N2. The van der Waals surface area contributed by atoms with Crippen LogP contribution in [0.3, 0.4) is 0 Å². The van der Waals surface area contributed by atoms with Gasteiger partial charge in [-0.25, -0.2) is 4.98 Å². The Morgan fingerprint density at radius 1 is 1.27 bits per heavy atom. The fourth-order valence-corrected chi connectivity index (χ4v) is 2.36. The van der Waals surface area contributed by atoms with Crippen LogP contribution in [0.1, 0.15) is 44.9 Å². The molecule has 0 fully saturated rings. The summed E-state index contributed by atoms with van der Waals surface area (Å²) in [5, 5.41) is 0. The number of hydrogen-bond acceptors (Lipinski definition) is 1. The van der Waals surface area contributed by atoms with E-state index >= 15 is 0 Å². The lowest BCUT2D eigenvalue weighted by atomic mass is 9.82. The Morgan fingerprint density at radius 3 is 2.60 bits per heavy atom. The van der Waals surface area contributed by atoms with Crippen LogP contribution in [-0.4, -0.2) is 9.97 Å². The SMILES string of the molecule is CC(C)Cc1nc2c([nH]1)CC(C)C(C)C2. The van der Waals surface area contributed by atoms with E-state index in [1.165, 1.54) is 23.6 Å². The average Bonchev–Trinajstić information content (AvgIpc) is 2.46. The molecule has 15 heavy (non-hydrogen) atoms. The topological polar surface area (TPSA) is 28.7 Å². The van der Waals surface area contributed by atoms with Crippen molar-refractivity contribution in [2.75, 3.05) is 0 Å². The summed E-state index contributed by atoms with van der Waals surface area (Å²) in [4.78, 5) is 8.23. The highest BCUT2D eigenvalue weighted by atomic mass is 14.9. The van der Waals surface area contributed by atoms with Gasteiger partial charge in [0.2, 0.25) is 0 Å². The van der Waals surface area contributed by atoms with Crippen molar-refractivity contribution in [2.24, 2.45) is 17.8 Å². The van der Waals surface area contributed by atoms with Crippen molar-refractivity contribution < 1.29 is 0 Å². The first-order valence-electron chi connectivity index (χ1n) is 6.13. The fourth-order valence-electron chi connectivity index (χ4n) is 2.36. The molecule has 1 aromatic heterocycles. The van der Waals surface area contributed by atoms with Gasteiger partial charge in [0.15, 0.2) is 0 Å². The maximum absolute atomic E-state index is 4.72. The molecule has 1 aliphatic carbocycles. The molecule has 2 heteroatoms. The Morgan fingerprint density at radius 2 is 1.93 bits per heavy atom. The predicted molar refractivity (Wildman–Crippen MR) is 62.9 cm³/mol. The lowest BCUT2D eigenvalue weighted by Crippen LogP contribution is -2.20. The summed E-state index contributed by atoms with van der Waals surface area (Å²) in [6.07, 6.45) is 3.42. The van der Waals surface area contributed by atoms with Crippen molar-refractivity contribution in [1.82, 2.24) is 9.97 Å². The van der Waals surface area contributed by atoms with Crippen LogP contribution in [0.5, 0.6) is 0 Å². The second kappa shape index (κ2) is 3.99. The van der Waals surface area contributed by atoms with Gasteiger partial charge in [0, 0.05) is 12.1 Å². The molecule has 0 saturated heterocycles. The van der Waals surface area contributed by atoms with Crippen LogP contribution in [0.25, 0.3) is 0 Å². The van der Waals surface area contributed by atoms with Crippen molar-refractivity contribution in [3.63, 3.8) is 0 Å². The Hall–Kier alpha value is -0.790. The Kier molecular flexibility index (Phi) is 2.85. The largest absolute Gasteiger partial charge is 0.346 e. The van der Waals surface area contributed by atoms with Gasteiger partial charge in [-0.1, -0.05) is 27.7 Å². The predicted octanol–water partition coefficient (Wildman–Crippen LogP) is 2.98. The first kappa shape index (κ1) is 10.7. The molecule has 0 bridgehead atoms. The van der Waals surface area contributed by atoms with Crippen molar-refractivity contribution >= 4 is 0 Å².